The third-order valence-corrected chi connectivity index (χ3v) is 5.48. The van der Waals surface area contributed by atoms with E-state index in [-0.39, 0.29) is 18.0 Å². The lowest BCUT2D eigenvalue weighted by atomic mass is 10.1. The summed E-state index contributed by atoms with van der Waals surface area (Å²) < 4.78 is 1.41. The second kappa shape index (κ2) is 9.61. The summed E-state index contributed by atoms with van der Waals surface area (Å²) in [5.41, 5.74) is 1.11. The average Bonchev–Trinajstić information content (AvgIpc) is 3.17. The molecule has 0 spiro atoms. The number of aryl methyl sites for hydroxylation is 1. The zero-order valence-electron chi connectivity index (χ0n) is 16.4. The normalized spacial score (nSPS) is 11.2. The van der Waals surface area contributed by atoms with Crippen LogP contribution in [0.1, 0.15) is 12.0 Å². The number of benzene rings is 1. The molecule has 0 aliphatic heterocycles. The molecule has 1 aromatic carbocycles. The maximum atomic E-state index is 12.9. The number of rotatable bonds is 9. The van der Waals surface area contributed by atoms with Gasteiger partial charge in [-0.2, -0.15) is 0 Å². The van der Waals surface area contributed by atoms with Gasteiger partial charge in [-0.05, 0) is 43.9 Å². The summed E-state index contributed by atoms with van der Waals surface area (Å²) in [6, 6.07) is 12.0. The number of likely N-dealkylation sites (N-methyl/N-ethyl adjacent to an activating group) is 1. The summed E-state index contributed by atoms with van der Waals surface area (Å²) in [6.45, 7) is 2.12. The van der Waals surface area contributed by atoms with Crippen molar-refractivity contribution in [1.29, 1.82) is 0 Å². The molecule has 3 aromatic rings. The molecule has 0 atom stereocenters. The van der Waals surface area contributed by atoms with E-state index in [9.17, 15) is 9.59 Å². The van der Waals surface area contributed by atoms with E-state index in [2.05, 4.69) is 22.0 Å². The third kappa shape index (κ3) is 5.27. The van der Waals surface area contributed by atoms with Gasteiger partial charge in [0.15, 0.2) is 0 Å². The molecule has 0 bridgehead atoms. The second-order valence-electron chi connectivity index (χ2n) is 7.09. The highest BCUT2D eigenvalue weighted by Gasteiger charge is 2.16. The van der Waals surface area contributed by atoms with Crippen LogP contribution >= 0.6 is 11.3 Å². The Morgan fingerprint density at radius 2 is 1.89 bits per heavy atom. The molecule has 0 saturated carbocycles. The lowest BCUT2D eigenvalue weighted by Gasteiger charge is -2.25. The number of fused-ring (bicyclic) bond motifs is 1. The van der Waals surface area contributed by atoms with Crippen LogP contribution in [0.4, 0.5) is 0 Å². The van der Waals surface area contributed by atoms with Crippen LogP contribution in [0.25, 0.3) is 10.2 Å². The molecular formula is C21H26N4O2S. The first-order chi connectivity index (χ1) is 13.5. The SMILES string of the molecule is CN(C)CCN(CCCc1ccccc1)C(=O)Cn1cnc2sccc2c1=O. The molecule has 2 aromatic heterocycles. The number of amides is 1. The zero-order valence-corrected chi connectivity index (χ0v) is 17.2. The summed E-state index contributed by atoms with van der Waals surface area (Å²) in [4.78, 5) is 34.4. The maximum Gasteiger partial charge on any atom is 0.262 e. The second-order valence-corrected chi connectivity index (χ2v) is 7.98. The predicted octanol–water partition coefficient (Wildman–Crippen LogP) is 2.48. The van der Waals surface area contributed by atoms with Crippen LogP contribution in [0.15, 0.2) is 52.9 Å². The number of hydrogen-bond donors (Lipinski definition) is 0. The van der Waals surface area contributed by atoms with Gasteiger partial charge >= 0.3 is 0 Å². The summed E-state index contributed by atoms with van der Waals surface area (Å²) in [5.74, 6) is -0.0478. The Balaban J connectivity index is 1.66. The monoisotopic (exact) mass is 398 g/mol. The van der Waals surface area contributed by atoms with Crippen LogP contribution in [-0.2, 0) is 17.8 Å². The number of nitrogens with zero attached hydrogens (tertiary/aromatic N) is 4. The minimum Gasteiger partial charge on any atom is -0.340 e. The molecule has 148 valence electrons. The molecule has 1 amide bonds. The van der Waals surface area contributed by atoms with E-state index in [0.29, 0.717) is 23.3 Å². The Labute approximate surface area is 169 Å². The lowest BCUT2D eigenvalue weighted by molar-refractivity contribution is -0.132. The summed E-state index contributed by atoms with van der Waals surface area (Å²) in [6.07, 6.45) is 3.29. The van der Waals surface area contributed by atoms with Gasteiger partial charge in [0.25, 0.3) is 5.56 Å². The minimum atomic E-state index is -0.156. The van der Waals surface area contributed by atoms with E-state index in [4.69, 9.17) is 0 Å². The Bertz CT molecular complexity index is 965. The fourth-order valence-corrected chi connectivity index (χ4v) is 3.78. The summed E-state index contributed by atoms with van der Waals surface area (Å²) in [7, 11) is 3.98. The molecule has 2 heterocycles. The first-order valence-electron chi connectivity index (χ1n) is 9.43. The first-order valence-corrected chi connectivity index (χ1v) is 10.3. The van der Waals surface area contributed by atoms with Gasteiger partial charge in [0.05, 0.1) is 11.7 Å². The average molecular weight is 399 g/mol. The fourth-order valence-electron chi connectivity index (χ4n) is 3.05. The molecule has 7 heteroatoms. The van der Waals surface area contributed by atoms with Crippen molar-refractivity contribution >= 4 is 27.5 Å². The molecule has 0 N–H and O–H groups in total. The van der Waals surface area contributed by atoms with Crippen molar-refractivity contribution in [3.05, 3.63) is 64.0 Å². The van der Waals surface area contributed by atoms with E-state index >= 15 is 0 Å². The molecule has 0 unspecified atom stereocenters. The van der Waals surface area contributed by atoms with Gasteiger partial charge in [-0.1, -0.05) is 30.3 Å². The third-order valence-electron chi connectivity index (χ3n) is 4.66. The van der Waals surface area contributed by atoms with Crippen LogP contribution in [0.5, 0.6) is 0 Å². The van der Waals surface area contributed by atoms with E-state index in [1.165, 1.54) is 27.8 Å². The Morgan fingerprint density at radius 1 is 1.11 bits per heavy atom. The van der Waals surface area contributed by atoms with Gasteiger partial charge in [0.2, 0.25) is 5.91 Å². The van der Waals surface area contributed by atoms with Gasteiger partial charge in [0, 0.05) is 19.6 Å². The highest BCUT2D eigenvalue weighted by atomic mass is 32.1. The molecule has 0 fully saturated rings. The van der Waals surface area contributed by atoms with Crippen molar-refractivity contribution in [3.8, 4) is 0 Å². The van der Waals surface area contributed by atoms with Crippen LogP contribution in [0.3, 0.4) is 0 Å². The van der Waals surface area contributed by atoms with Gasteiger partial charge < -0.3 is 9.80 Å². The van der Waals surface area contributed by atoms with Crippen LogP contribution in [0, 0.1) is 0 Å². The Morgan fingerprint density at radius 3 is 2.64 bits per heavy atom. The first kappa shape index (κ1) is 20.2. The molecule has 0 aliphatic rings. The van der Waals surface area contributed by atoms with Crippen LogP contribution in [-0.4, -0.2) is 59.0 Å². The van der Waals surface area contributed by atoms with Crippen molar-refractivity contribution in [1.82, 2.24) is 19.4 Å². The lowest BCUT2D eigenvalue weighted by Crippen LogP contribution is -2.40. The highest BCUT2D eigenvalue weighted by Crippen LogP contribution is 2.13. The van der Waals surface area contributed by atoms with Gasteiger partial charge in [-0.25, -0.2) is 4.98 Å². The van der Waals surface area contributed by atoms with Crippen LogP contribution < -0.4 is 5.56 Å². The van der Waals surface area contributed by atoms with Crippen molar-refractivity contribution in [2.45, 2.75) is 19.4 Å². The van der Waals surface area contributed by atoms with E-state index < -0.39 is 0 Å². The number of thiophene rings is 1. The smallest absolute Gasteiger partial charge is 0.262 e. The summed E-state index contributed by atoms with van der Waals surface area (Å²) >= 11 is 1.43. The molecule has 28 heavy (non-hydrogen) atoms. The number of aromatic nitrogens is 2. The van der Waals surface area contributed by atoms with Gasteiger partial charge in [0.1, 0.15) is 11.4 Å². The molecule has 6 nitrogen and oxygen atoms in total. The molecular weight excluding hydrogens is 372 g/mol. The van der Waals surface area contributed by atoms with E-state index in [1.54, 1.807) is 6.07 Å². The summed E-state index contributed by atoms with van der Waals surface area (Å²) in [5, 5.41) is 2.42. The topological polar surface area (TPSA) is 58.4 Å². The molecule has 0 radical (unpaired) electrons. The van der Waals surface area contributed by atoms with Crippen molar-refractivity contribution < 1.29 is 4.79 Å². The van der Waals surface area contributed by atoms with Crippen molar-refractivity contribution in [2.75, 3.05) is 33.7 Å². The highest BCUT2D eigenvalue weighted by molar-refractivity contribution is 7.16. The van der Waals surface area contributed by atoms with E-state index in [1.807, 2.05) is 42.6 Å². The van der Waals surface area contributed by atoms with Crippen molar-refractivity contribution in [2.24, 2.45) is 0 Å². The number of carbonyl (C=O) groups is 1. The number of carbonyl (C=O) groups excluding carboxylic acids is 1. The quantitative estimate of drug-likeness (QED) is 0.556. The Hall–Kier alpha value is -2.51. The zero-order chi connectivity index (χ0) is 19.9. The molecule has 0 saturated heterocycles. The maximum absolute atomic E-state index is 12.9. The van der Waals surface area contributed by atoms with Gasteiger partial charge in [-0.15, -0.1) is 11.3 Å². The fraction of sp³-hybridized carbons (Fsp3) is 0.381. The van der Waals surface area contributed by atoms with E-state index in [0.717, 1.165) is 19.4 Å². The standard InChI is InChI=1S/C21H26N4O2S/c1-23(2)12-13-24(11-6-9-17-7-4-3-5-8-17)19(26)15-25-16-22-20-18(21(25)27)10-14-28-20/h3-5,7-8,10,14,16H,6,9,11-13,15H2,1-2H3. The van der Waals surface area contributed by atoms with Gasteiger partial charge in [-0.3, -0.25) is 14.2 Å². The molecule has 0 aliphatic carbocycles. The number of hydrogen-bond acceptors (Lipinski definition) is 5. The Kier molecular flexibility index (Phi) is 6.95. The van der Waals surface area contributed by atoms with Crippen molar-refractivity contribution in [3.63, 3.8) is 0 Å². The predicted molar refractivity (Wildman–Crippen MR) is 114 cm³/mol. The van der Waals surface area contributed by atoms with Crippen LogP contribution in [0.2, 0.25) is 0 Å². The molecule has 3 rings (SSSR count). The largest absolute Gasteiger partial charge is 0.340 e. The minimum absolute atomic E-state index is 0.0242.